The third-order valence-electron chi connectivity index (χ3n) is 5.03. The molecule has 0 radical (unpaired) electrons. The topological polar surface area (TPSA) is 43.7 Å². The molecule has 1 aromatic carbocycles. The molecule has 4 rings (SSSR count). The summed E-state index contributed by atoms with van der Waals surface area (Å²) >= 11 is 3.63. The van der Waals surface area contributed by atoms with Crippen LogP contribution in [0, 0.1) is 5.92 Å². The summed E-state index contributed by atoms with van der Waals surface area (Å²) in [7, 11) is 1.95. The summed E-state index contributed by atoms with van der Waals surface area (Å²) in [6, 6.07) is 8.06. The number of hydrogen-bond donors (Lipinski definition) is 0. The molecule has 0 N–H and O–H groups in total. The molecule has 0 aliphatic carbocycles. The van der Waals surface area contributed by atoms with Gasteiger partial charge in [-0.1, -0.05) is 18.2 Å². The molecule has 0 saturated carbocycles. The first-order chi connectivity index (χ1) is 11.7. The SMILES string of the molecule is Cn1c(C(=O)N2CCCC(C3OCCO3)C2)c(Br)c2ccccc21. The van der Waals surface area contributed by atoms with E-state index in [2.05, 4.69) is 15.9 Å². The summed E-state index contributed by atoms with van der Waals surface area (Å²) in [5.41, 5.74) is 1.77. The Balaban J connectivity index is 1.61. The van der Waals surface area contributed by atoms with E-state index in [9.17, 15) is 4.79 Å². The number of piperidine rings is 1. The van der Waals surface area contributed by atoms with Crippen molar-refractivity contribution in [1.29, 1.82) is 0 Å². The fraction of sp³-hybridized carbons (Fsp3) is 0.500. The predicted molar refractivity (Wildman–Crippen MR) is 94.9 cm³/mol. The number of fused-ring (bicyclic) bond motifs is 1. The van der Waals surface area contributed by atoms with Crippen LogP contribution in [0.5, 0.6) is 0 Å². The first kappa shape index (κ1) is 16.1. The van der Waals surface area contributed by atoms with Crippen LogP contribution in [0.2, 0.25) is 0 Å². The third-order valence-corrected chi connectivity index (χ3v) is 5.83. The number of amides is 1. The molecule has 2 fully saturated rings. The number of carbonyl (C=O) groups is 1. The molecule has 3 heterocycles. The lowest BCUT2D eigenvalue weighted by atomic mass is 9.97. The number of hydrogen-bond acceptors (Lipinski definition) is 3. The molecule has 6 heteroatoms. The van der Waals surface area contributed by atoms with Gasteiger partial charge in [0.1, 0.15) is 5.69 Å². The zero-order valence-corrected chi connectivity index (χ0v) is 15.3. The van der Waals surface area contributed by atoms with Gasteiger partial charge in [0.2, 0.25) is 0 Å². The lowest BCUT2D eigenvalue weighted by Crippen LogP contribution is -2.44. The molecule has 24 heavy (non-hydrogen) atoms. The third kappa shape index (κ3) is 2.66. The lowest BCUT2D eigenvalue weighted by Gasteiger charge is -2.34. The summed E-state index contributed by atoms with van der Waals surface area (Å²) in [5.74, 6) is 0.335. The first-order valence-corrected chi connectivity index (χ1v) is 9.21. The van der Waals surface area contributed by atoms with E-state index in [1.165, 1.54) is 0 Å². The van der Waals surface area contributed by atoms with E-state index in [4.69, 9.17) is 9.47 Å². The molecule has 2 saturated heterocycles. The van der Waals surface area contributed by atoms with Gasteiger partial charge in [0.15, 0.2) is 6.29 Å². The standard InChI is InChI=1S/C18H21BrN2O3/c1-20-14-7-3-2-6-13(14)15(19)16(20)17(22)21-8-4-5-12(11-21)18-23-9-10-24-18/h2-3,6-7,12,18H,4-5,8-11H2,1H3. The van der Waals surface area contributed by atoms with Crippen molar-refractivity contribution < 1.29 is 14.3 Å². The van der Waals surface area contributed by atoms with E-state index in [-0.39, 0.29) is 18.1 Å². The average Bonchev–Trinajstić information content (AvgIpc) is 3.23. The maximum Gasteiger partial charge on any atom is 0.271 e. The second kappa shape index (κ2) is 6.50. The van der Waals surface area contributed by atoms with Crippen molar-refractivity contribution >= 4 is 32.7 Å². The van der Waals surface area contributed by atoms with Gasteiger partial charge in [0.25, 0.3) is 5.91 Å². The number of para-hydroxylation sites is 1. The largest absolute Gasteiger partial charge is 0.350 e. The van der Waals surface area contributed by atoms with Crippen molar-refractivity contribution in [3.63, 3.8) is 0 Å². The van der Waals surface area contributed by atoms with E-state index in [1.807, 2.05) is 40.8 Å². The molecule has 2 aliphatic rings. The minimum Gasteiger partial charge on any atom is -0.350 e. The second-order valence-corrected chi connectivity index (χ2v) is 7.30. The van der Waals surface area contributed by atoms with Crippen molar-refractivity contribution in [3.05, 3.63) is 34.4 Å². The quantitative estimate of drug-likeness (QED) is 0.788. The molecule has 5 nitrogen and oxygen atoms in total. The first-order valence-electron chi connectivity index (χ1n) is 8.42. The number of ether oxygens (including phenoxy) is 2. The van der Waals surface area contributed by atoms with Crippen LogP contribution in [0.3, 0.4) is 0 Å². The number of likely N-dealkylation sites (tertiary alicyclic amines) is 1. The van der Waals surface area contributed by atoms with Gasteiger partial charge in [-0.25, -0.2) is 0 Å². The van der Waals surface area contributed by atoms with Crippen molar-refractivity contribution in [2.24, 2.45) is 13.0 Å². The van der Waals surface area contributed by atoms with E-state index in [1.54, 1.807) is 0 Å². The van der Waals surface area contributed by atoms with Crippen LogP contribution in [0.15, 0.2) is 28.7 Å². The molecular weight excluding hydrogens is 372 g/mol. The minimum atomic E-state index is -0.156. The van der Waals surface area contributed by atoms with Gasteiger partial charge in [-0.05, 0) is 34.8 Å². The predicted octanol–water partition coefficient (Wildman–Crippen LogP) is 3.17. The van der Waals surface area contributed by atoms with E-state index >= 15 is 0 Å². The molecule has 1 aromatic heterocycles. The van der Waals surface area contributed by atoms with Gasteiger partial charge in [-0.15, -0.1) is 0 Å². The Hall–Kier alpha value is -1.37. The number of aryl methyl sites for hydroxylation is 1. The molecule has 0 bridgehead atoms. The van der Waals surface area contributed by atoms with Gasteiger partial charge in [0.05, 0.1) is 17.7 Å². The monoisotopic (exact) mass is 392 g/mol. The number of aromatic nitrogens is 1. The summed E-state index contributed by atoms with van der Waals surface area (Å²) < 4.78 is 14.2. The summed E-state index contributed by atoms with van der Waals surface area (Å²) in [4.78, 5) is 15.1. The highest BCUT2D eigenvalue weighted by atomic mass is 79.9. The van der Waals surface area contributed by atoms with Crippen LogP contribution in [0.25, 0.3) is 10.9 Å². The summed E-state index contributed by atoms with van der Waals surface area (Å²) in [6.07, 6.45) is 1.88. The number of halogens is 1. The Morgan fingerprint density at radius 1 is 1.25 bits per heavy atom. The molecule has 2 aromatic rings. The Bertz CT molecular complexity index is 728. The summed E-state index contributed by atoms with van der Waals surface area (Å²) in [6.45, 7) is 2.79. The normalized spacial score (nSPS) is 22.4. The number of carbonyl (C=O) groups excluding carboxylic acids is 1. The fourth-order valence-corrected chi connectivity index (χ4v) is 4.57. The number of rotatable bonds is 2. The highest BCUT2D eigenvalue weighted by Crippen LogP contribution is 2.32. The van der Waals surface area contributed by atoms with Gasteiger partial charge < -0.3 is 18.9 Å². The van der Waals surface area contributed by atoms with Crippen molar-refractivity contribution in [2.45, 2.75) is 19.1 Å². The van der Waals surface area contributed by atoms with Crippen LogP contribution in [-0.4, -0.2) is 48.0 Å². The van der Waals surface area contributed by atoms with Crippen LogP contribution in [-0.2, 0) is 16.5 Å². The van der Waals surface area contributed by atoms with Gasteiger partial charge in [-0.3, -0.25) is 4.79 Å². The van der Waals surface area contributed by atoms with E-state index < -0.39 is 0 Å². The molecule has 128 valence electrons. The van der Waals surface area contributed by atoms with Gasteiger partial charge in [0, 0.05) is 37.0 Å². The van der Waals surface area contributed by atoms with Gasteiger partial charge >= 0.3 is 0 Å². The Morgan fingerprint density at radius 2 is 2.00 bits per heavy atom. The molecular formula is C18H21BrN2O3. The van der Waals surface area contributed by atoms with Gasteiger partial charge in [-0.2, -0.15) is 0 Å². The number of nitrogens with zero attached hydrogens (tertiary/aromatic N) is 2. The zero-order valence-electron chi connectivity index (χ0n) is 13.7. The van der Waals surface area contributed by atoms with Crippen LogP contribution < -0.4 is 0 Å². The molecule has 1 amide bonds. The molecule has 2 aliphatic heterocycles. The molecule has 1 atom stereocenters. The van der Waals surface area contributed by atoms with Crippen molar-refractivity contribution in [3.8, 4) is 0 Å². The maximum absolute atomic E-state index is 13.2. The van der Waals surface area contributed by atoms with E-state index in [0.717, 1.165) is 34.8 Å². The smallest absolute Gasteiger partial charge is 0.271 e. The van der Waals surface area contributed by atoms with Crippen LogP contribution >= 0.6 is 15.9 Å². The van der Waals surface area contributed by atoms with E-state index in [0.29, 0.717) is 25.5 Å². The number of benzene rings is 1. The second-order valence-electron chi connectivity index (χ2n) is 6.50. The average molecular weight is 393 g/mol. The minimum absolute atomic E-state index is 0.0725. The zero-order chi connectivity index (χ0) is 16.7. The van der Waals surface area contributed by atoms with Crippen LogP contribution in [0.1, 0.15) is 23.3 Å². The molecule has 0 spiro atoms. The maximum atomic E-state index is 13.2. The van der Waals surface area contributed by atoms with Crippen molar-refractivity contribution in [2.75, 3.05) is 26.3 Å². The highest BCUT2D eigenvalue weighted by Gasteiger charge is 2.34. The van der Waals surface area contributed by atoms with Crippen molar-refractivity contribution in [1.82, 2.24) is 9.47 Å². The lowest BCUT2D eigenvalue weighted by molar-refractivity contribution is -0.0969. The Kier molecular flexibility index (Phi) is 4.37. The summed E-state index contributed by atoms with van der Waals surface area (Å²) in [5, 5.41) is 1.07. The van der Waals surface area contributed by atoms with Crippen LogP contribution in [0.4, 0.5) is 0 Å². The molecule has 1 unspecified atom stereocenters. The Labute approximate surface area is 149 Å². The Morgan fingerprint density at radius 3 is 2.75 bits per heavy atom. The fourth-order valence-electron chi connectivity index (χ4n) is 3.80. The highest BCUT2D eigenvalue weighted by molar-refractivity contribution is 9.10.